The van der Waals surface area contributed by atoms with E-state index in [1.54, 1.807) is 54.6 Å². The summed E-state index contributed by atoms with van der Waals surface area (Å²) in [7, 11) is 0. The summed E-state index contributed by atoms with van der Waals surface area (Å²) in [6.07, 6.45) is 0. The lowest BCUT2D eigenvalue weighted by molar-refractivity contribution is -0.131. The molecule has 31 heavy (non-hydrogen) atoms. The molecule has 0 spiro atoms. The summed E-state index contributed by atoms with van der Waals surface area (Å²) < 4.78 is 5.00. The van der Waals surface area contributed by atoms with Gasteiger partial charge in [0, 0.05) is 30.3 Å². The van der Waals surface area contributed by atoms with Crippen LogP contribution < -0.4 is 15.4 Å². The minimum Gasteiger partial charge on any atom is -0.427 e. The SMILES string of the molecule is CC(=O)Oc1cccc(C(=O)NCc2ccccc2NC(=O)c2ccc(Cl)c(Cl)c2)c1. The lowest BCUT2D eigenvalue weighted by Crippen LogP contribution is -2.24. The molecule has 0 aliphatic carbocycles. The summed E-state index contributed by atoms with van der Waals surface area (Å²) in [4.78, 5) is 36.2. The molecule has 8 heteroatoms. The first-order valence-electron chi connectivity index (χ1n) is 9.24. The molecule has 0 unspecified atom stereocenters. The number of esters is 1. The Kier molecular flexibility index (Phi) is 7.28. The number of amides is 2. The summed E-state index contributed by atoms with van der Waals surface area (Å²) in [5, 5.41) is 6.26. The standard InChI is InChI=1S/C23H18Cl2N2O4/c1-14(28)31-18-7-4-6-15(11-18)22(29)26-13-17-5-2-3-8-21(17)27-23(30)16-9-10-19(24)20(25)12-16/h2-12H,13H2,1H3,(H,26,29)(H,27,30). The van der Waals surface area contributed by atoms with Gasteiger partial charge in [-0.2, -0.15) is 0 Å². The number of nitrogens with one attached hydrogen (secondary N) is 2. The summed E-state index contributed by atoms with van der Waals surface area (Å²) in [5.74, 6) is -0.885. The van der Waals surface area contributed by atoms with Crippen molar-refractivity contribution in [1.82, 2.24) is 5.32 Å². The fraction of sp³-hybridized carbons (Fsp3) is 0.0870. The molecule has 0 atom stereocenters. The van der Waals surface area contributed by atoms with Gasteiger partial charge in [-0.3, -0.25) is 14.4 Å². The molecule has 6 nitrogen and oxygen atoms in total. The van der Waals surface area contributed by atoms with E-state index in [4.69, 9.17) is 27.9 Å². The van der Waals surface area contributed by atoms with E-state index >= 15 is 0 Å². The number of benzene rings is 3. The smallest absolute Gasteiger partial charge is 0.308 e. The van der Waals surface area contributed by atoms with Crippen LogP contribution >= 0.6 is 23.2 Å². The third-order valence-corrected chi connectivity index (χ3v) is 4.98. The molecule has 3 aromatic carbocycles. The van der Waals surface area contributed by atoms with Crippen molar-refractivity contribution in [3.8, 4) is 5.75 Å². The van der Waals surface area contributed by atoms with E-state index in [2.05, 4.69) is 10.6 Å². The highest BCUT2D eigenvalue weighted by molar-refractivity contribution is 6.42. The van der Waals surface area contributed by atoms with Crippen LogP contribution in [0.5, 0.6) is 5.75 Å². The van der Waals surface area contributed by atoms with Gasteiger partial charge in [0.1, 0.15) is 5.75 Å². The number of halogens is 2. The van der Waals surface area contributed by atoms with Gasteiger partial charge < -0.3 is 15.4 Å². The van der Waals surface area contributed by atoms with Crippen molar-refractivity contribution < 1.29 is 19.1 Å². The number of carbonyl (C=O) groups excluding carboxylic acids is 3. The second-order valence-corrected chi connectivity index (χ2v) is 7.36. The minimum absolute atomic E-state index is 0.175. The van der Waals surface area contributed by atoms with Crippen LogP contribution in [-0.4, -0.2) is 17.8 Å². The van der Waals surface area contributed by atoms with Gasteiger partial charge in [0.25, 0.3) is 11.8 Å². The zero-order valence-electron chi connectivity index (χ0n) is 16.4. The molecule has 0 saturated carbocycles. The third-order valence-electron chi connectivity index (χ3n) is 4.24. The second-order valence-electron chi connectivity index (χ2n) is 6.54. The van der Waals surface area contributed by atoms with E-state index in [0.717, 1.165) is 0 Å². The van der Waals surface area contributed by atoms with E-state index in [1.807, 2.05) is 0 Å². The third kappa shape index (κ3) is 6.07. The lowest BCUT2D eigenvalue weighted by Gasteiger charge is -2.13. The van der Waals surface area contributed by atoms with Crippen molar-refractivity contribution in [1.29, 1.82) is 0 Å². The van der Waals surface area contributed by atoms with Gasteiger partial charge in [-0.15, -0.1) is 0 Å². The average Bonchev–Trinajstić information content (AvgIpc) is 2.74. The number of anilines is 1. The molecule has 0 bridgehead atoms. The van der Waals surface area contributed by atoms with Crippen LogP contribution in [0.25, 0.3) is 0 Å². The largest absolute Gasteiger partial charge is 0.427 e. The molecule has 0 heterocycles. The Hall–Kier alpha value is -3.35. The average molecular weight is 457 g/mol. The lowest BCUT2D eigenvalue weighted by atomic mass is 10.1. The number of hydrogen-bond acceptors (Lipinski definition) is 4. The molecule has 3 rings (SSSR count). The van der Waals surface area contributed by atoms with Crippen LogP contribution in [0, 0.1) is 0 Å². The molecule has 3 aromatic rings. The Morgan fingerprint density at radius 3 is 2.32 bits per heavy atom. The van der Waals surface area contributed by atoms with Crippen molar-refractivity contribution >= 4 is 46.7 Å². The molecular formula is C23H18Cl2N2O4. The molecule has 0 saturated heterocycles. The summed E-state index contributed by atoms with van der Waals surface area (Å²) in [6, 6.07) is 18.0. The highest BCUT2D eigenvalue weighted by atomic mass is 35.5. The first kappa shape index (κ1) is 22.3. The molecule has 2 amide bonds. The van der Waals surface area contributed by atoms with Crippen LogP contribution in [0.15, 0.2) is 66.7 Å². The predicted molar refractivity (Wildman–Crippen MR) is 120 cm³/mol. The van der Waals surface area contributed by atoms with Crippen LogP contribution in [0.4, 0.5) is 5.69 Å². The normalized spacial score (nSPS) is 10.3. The van der Waals surface area contributed by atoms with Gasteiger partial charge in [-0.05, 0) is 48.0 Å². The van der Waals surface area contributed by atoms with Gasteiger partial charge in [0.05, 0.1) is 10.0 Å². The Bertz CT molecular complexity index is 1150. The molecule has 0 aliphatic heterocycles. The van der Waals surface area contributed by atoms with E-state index in [-0.39, 0.29) is 29.1 Å². The Morgan fingerprint density at radius 2 is 1.58 bits per heavy atom. The predicted octanol–water partition coefficient (Wildman–Crippen LogP) is 5.10. The molecule has 0 aromatic heterocycles. The van der Waals surface area contributed by atoms with Crippen LogP contribution in [0.2, 0.25) is 10.0 Å². The first-order chi connectivity index (χ1) is 14.8. The van der Waals surface area contributed by atoms with Crippen molar-refractivity contribution in [2.45, 2.75) is 13.5 Å². The summed E-state index contributed by atoms with van der Waals surface area (Å²) in [6.45, 7) is 1.46. The zero-order valence-corrected chi connectivity index (χ0v) is 18.0. The topological polar surface area (TPSA) is 84.5 Å². The van der Waals surface area contributed by atoms with Gasteiger partial charge >= 0.3 is 5.97 Å². The van der Waals surface area contributed by atoms with Gasteiger partial charge in [-0.1, -0.05) is 47.5 Å². The van der Waals surface area contributed by atoms with Crippen LogP contribution in [0.3, 0.4) is 0 Å². The number of hydrogen-bond donors (Lipinski definition) is 2. The number of carbonyl (C=O) groups is 3. The minimum atomic E-state index is -0.468. The van der Waals surface area contributed by atoms with Gasteiger partial charge in [-0.25, -0.2) is 0 Å². The van der Waals surface area contributed by atoms with Crippen molar-refractivity contribution in [3.05, 3.63) is 93.5 Å². The van der Waals surface area contributed by atoms with E-state index < -0.39 is 5.97 Å². The summed E-state index contributed by atoms with van der Waals surface area (Å²) >= 11 is 11.9. The van der Waals surface area contributed by atoms with E-state index in [0.29, 0.717) is 27.4 Å². The quantitative estimate of drug-likeness (QED) is 0.399. The van der Waals surface area contributed by atoms with E-state index in [1.165, 1.54) is 19.1 Å². The highest BCUT2D eigenvalue weighted by Crippen LogP contribution is 2.24. The molecule has 0 radical (unpaired) electrons. The molecule has 2 N–H and O–H groups in total. The Morgan fingerprint density at radius 1 is 0.839 bits per heavy atom. The molecule has 0 aliphatic rings. The van der Waals surface area contributed by atoms with Crippen LogP contribution in [-0.2, 0) is 11.3 Å². The van der Waals surface area contributed by atoms with Gasteiger partial charge in [0.2, 0.25) is 0 Å². The fourth-order valence-corrected chi connectivity index (χ4v) is 3.07. The number of rotatable bonds is 6. The second kappa shape index (κ2) is 10.1. The van der Waals surface area contributed by atoms with Crippen molar-refractivity contribution in [2.75, 3.05) is 5.32 Å². The number of para-hydroxylation sites is 1. The summed E-state index contributed by atoms with van der Waals surface area (Å²) in [5.41, 5.74) is 1.96. The Labute approximate surface area is 189 Å². The maximum Gasteiger partial charge on any atom is 0.308 e. The molecular weight excluding hydrogens is 439 g/mol. The monoisotopic (exact) mass is 456 g/mol. The van der Waals surface area contributed by atoms with Gasteiger partial charge in [0.15, 0.2) is 0 Å². The fourth-order valence-electron chi connectivity index (χ4n) is 2.77. The van der Waals surface area contributed by atoms with Crippen molar-refractivity contribution in [2.24, 2.45) is 0 Å². The first-order valence-corrected chi connectivity index (χ1v) is 10.00. The zero-order chi connectivity index (χ0) is 22.4. The Balaban J connectivity index is 1.69. The maximum atomic E-state index is 12.6. The maximum absolute atomic E-state index is 12.6. The van der Waals surface area contributed by atoms with Crippen molar-refractivity contribution in [3.63, 3.8) is 0 Å². The number of ether oxygens (including phenoxy) is 1. The molecule has 158 valence electrons. The van der Waals surface area contributed by atoms with E-state index in [9.17, 15) is 14.4 Å². The highest BCUT2D eigenvalue weighted by Gasteiger charge is 2.12. The molecule has 0 fully saturated rings. The van der Waals surface area contributed by atoms with Crippen LogP contribution in [0.1, 0.15) is 33.2 Å².